The SMILES string of the molecule is CBN/C=C\C=N\C. The molecule has 0 aliphatic heterocycles. The Hall–Kier alpha value is -0.725. The van der Waals surface area contributed by atoms with Crippen molar-refractivity contribution in [3.8, 4) is 0 Å². The minimum atomic E-state index is 0.966. The van der Waals surface area contributed by atoms with Crippen LogP contribution in [0.2, 0.25) is 6.82 Å². The minimum absolute atomic E-state index is 0.966. The predicted octanol–water partition coefficient (Wildman–Crippen LogP) is 0.190. The Labute approximate surface area is 51.0 Å². The third-order valence-electron chi connectivity index (χ3n) is 0.653. The average molecular weight is 110 g/mol. The van der Waals surface area contributed by atoms with E-state index in [-0.39, 0.29) is 0 Å². The van der Waals surface area contributed by atoms with Crippen molar-refractivity contribution in [2.45, 2.75) is 6.82 Å². The molecule has 0 aromatic rings. The van der Waals surface area contributed by atoms with Gasteiger partial charge >= 0.3 is 0 Å². The van der Waals surface area contributed by atoms with Crippen LogP contribution in [0.1, 0.15) is 0 Å². The smallest absolute Gasteiger partial charge is 0.228 e. The molecule has 0 rings (SSSR count). The standard InChI is InChI=1S/C5H11BN2/c1-6-8-5-3-4-7-2/h3-6,8H,1-2H3/b5-3-,7-4+. The second-order valence-electron chi connectivity index (χ2n) is 1.32. The summed E-state index contributed by atoms with van der Waals surface area (Å²) in [5.74, 6) is 0. The highest BCUT2D eigenvalue weighted by Gasteiger charge is 1.66. The van der Waals surface area contributed by atoms with Crippen molar-refractivity contribution in [1.29, 1.82) is 0 Å². The van der Waals surface area contributed by atoms with Crippen LogP contribution in [0.15, 0.2) is 17.3 Å². The summed E-state index contributed by atoms with van der Waals surface area (Å²) in [5, 5.41) is 3.01. The van der Waals surface area contributed by atoms with Gasteiger partial charge in [0, 0.05) is 13.3 Å². The fraction of sp³-hybridized carbons (Fsp3) is 0.400. The third-order valence-corrected chi connectivity index (χ3v) is 0.653. The number of allylic oxidation sites excluding steroid dienone is 1. The van der Waals surface area contributed by atoms with Crippen LogP contribution in [0.25, 0.3) is 0 Å². The number of hydrogen-bond acceptors (Lipinski definition) is 2. The van der Waals surface area contributed by atoms with Crippen LogP contribution in [-0.2, 0) is 0 Å². The van der Waals surface area contributed by atoms with Gasteiger partial charge in [-0.3, -0.25) is 4.99 Å². The number of hydrogen-bond donors (Lipinski definition) is 1. The van der Waals surface area contributed by atoms with Crippen LogP contribution in [0, 0.1) is 0 Å². The molecule has 0 unspecified atom stereocenters. The summed E-state index contributed by atoms with van der Waals surface area (Å²) in [6, 6.07) is 0. The molecule has 1 N–H and O–H groups in total. The van der Waals surface area contributed by atoms with E-state index in [4.69, 9.17) is 0 Å². The lowest BCUT2D eigenvalue weighted by Crippen LogP contribution is -2.05. The van der Waals surface area contributed by atoms with Gasteiger partial charge in [0.2, 0.25) is 7.41 Å². The van der Waals surface area contributed by atoms with Gasteiger partial charge < -0.3 is 5.23 Å². The Morgan fingerprint density at radius 3 is 2.88 bits per heavy atom. The molecule has 0 spiro atoms. The van der Waals surface area contributed by atoms with Crippen LogP contribution in [-0.4, -0.2) is 20.7 Å². The highest BCUT2D eigenvalue weighted by molar-refractivity contribution is 6.30. The van der Waals surface area contributed by atoms with Crippen molar-refractivity contribution >= 4 is 13.6 Å². The molecule has 0 atom stereocenters. The van der Waals surface area contributed by atoms with Crippen molar-refractivity contribution in [2.24, 2.45) is 4.99 Å². The largest absolute Gasteiger partial charge is 0.437 e. The van der Waals surface area contributed by atoms with Gasteiger partial charge in [-0.25, -0.2) is 0 Å². The minimum Gasteiger partial charge on any atom is -0.437 e. The van der Waals surface area contributed by atoms with Crippen molar-refractivity contribution in [1.82, 2.24) is 5.23 Å². The van der Waals surface area contributed by atoms with Crippen LogP contribution in [0.5, 0.6) is 0 Å². The van der Waals surface area contributed by atoms with Gasteiger partial charge in [0.05, 0.1) is 0 Å². The van der Waals surface area contributed by atoms with E-state index in [0.29, 0.717) is 0 Å². The molecule has 0 aromatic heterocycles. The molecule has 0 saturated heterocycles. The number of rotatable bonds is 3. The van der Waals surface area contributed by atoms with Gasteiger partial charge in [-0.05, 0) is 12.3 Å². The number of nitrogens with zero attached hydrogens (tertiary/aromatic N) is 1. The molecule has 0 bridgehead atoms. The van der Waals surface area contributed by atoms with Gasteiger partial charge in [0.1, 0.15) is 0 Å². The Morgan fingerprint density at radius 2 is 2.38 bits per heavy atom. The zero-order valence-electron chi connectivity index (χ0n) is 5.39. The second-order valence-corrected chi connectivity index (χ2v) is 1.32. The zero-order chi connectivity index (χ0) is 6.24. The number of aliphatic imine (C=N–C) groups is 1. The van der Waals surface area contributed by atoms with E-state index in [9.17, 15) is 0 Å². The van der Waals surface area contributed by atoms with Crippen LogP contribution in [0.3, 0.4) is 0 Å². The lowest BCUT2D eigenvalue weighted by atomic mass is 10.0. The van der Waals surface area contributed by atoms with E-state index < -0.39 is 0 Å². The Kier molecular flexibility index (Phi) is 5.71. The highest BCUT2D eigenvalue weighted by Crippen LogP contribution is 1.59. The highest BCUT2D eigenvalue weighted by atomic mass is 14.7. The lowest BCUT2D eigenvalue weighted by molar-refractivity contribution is 1.36. The van der Waals surface area contributed by atoms with Crippen LogP contribution >= 0.6 is 0 Å². The first kappa shape index (κ1) is 7.27. The van der Waals surface area contributed by atoms with E-state index in [1.165, 1.54) is 0 Å². The fourth-order valence-electron chi connectivity index (χ4n) is 0.315. The lowest BCUT2D eigenvalue weighted by Gasteiger charge is -1.84. The van der Waals surface area contributed by atoms with E-state index in [1.54, 1.807) is 13.3 Å². The van der Waals surface area contributed by atoms with Crippen LogP contribution < -0.4 is 5.23 Å². The zero-order valence-corrected chi connectivity index (χ0v) is 5.39. The molecule has 2 nitrogen and oxygen atoms in total. The summed E-state index contributed by atoms with van der Waals surface area (Å²) in [6.45, 7) is 2.05. The summed E-state index contributed by atoms with van der Waals surface area (Å²) in [5.41, 5.74) is 0. The van der Waals surface area contributed by atoms with E-state index in [0.717, 1.165) is 7.41 Å². The van der Waals surface area contributed by atoms with Crippen molar-refractivity contribution in [3.05, 3.63) is 12.3 Å². The first-order valence-corrected chi connectivity index (χ1v) is 2.72. The molecule has 0 fully saturated rings. The van der Waals surface area contributed by atoms with E-state index in [2.05, 4.69) is 10.2 Å². The molecular weight excluding hydrogens is 98.9 g/mol. The van der Waals surface area contributed by atoms with Gasteiger partial charge in [0.25, 0.3) is 0 Å². The number of nitrogens with one attached hydrogen (secondary N) is 1. The molecule has 0 radical (unpaired) electrons. The average Bonchev–Trinajstić information content (AvgIpc) is 1.81. The van der Waals surface area contributed by atoms with E-state index >= 15 is 0 Å². The monoisotopic (exact) mass is 110 g/mol. The normalized spacial score (nSPS) is 10.8. The first-order chi connectivity index (χ1) is 3.91. The third kappa shape index (κ3) is 5.27. The first-order valence-electron chi connectivity index (χ1n) is 2.72. The van der Waals surface area contributed by atoms with Gasteiger partial charge in [-0.2, -0.15) is 0 Å². The summed E-state index contributed by atoms with van der Waals surface area (Å²) >= 11 is 0. The molecule has 0 heterocycles. The summed E-state index contributed by atoms with van der Waals surface area (Å²) < 4.78 is 0. The van der Waals surface area contributed by atoms with E-state index in [1.807, 2.05) is 19.1 Å². The molecular formula is C5H11BN2. The molecule has 44 valence electrons. The predicted molar refractivity (Wildman–Crippen MR) is 39.7 cm³/mol. The molecule has 8 heavy (non-hydrogen) atoms. The van der Waals surface area contributed by atoms with Crippen molar-refractivity contribution in [3.63, 3.8) is 0 Å². The molecule has 0 aliphatic carbocycles. The molecule has 0 saturated carbocycles. The Balaban J connectivity index is 3.07. The quantitative estimate of drug-likeness (QED) is 0.407. The van der Waals surface area contributed by atoms with Crippen molar-refractivity contribution in [2.75, 3.05) is 7.05 Å². The maximum Gasteiger partial charge on any atom is 0.228 e. The van der Waals surface area contributed by atoms with Gasteiger partial charge in [-0.1, -0.05) is 6.82 Å². The van der Waals surface area contributed by atoms with Gasteiger partial charge in [0.15, 0.2) is 0 Å². The summed E-state index contributed by atoms with van der Waals surface area (Å²) in [7, 11) is 2.71. The molecule has 0 aliphatic rings. The summed E-state index contributed by atoms with van der Waals surface area (Å²) in [4.78, 5) is 3.76. The summed E-state index contributed by atoms with van der Waals surface area (Å²) in [6.07, 6.45) is 5.47. The fourth-order valence-corrected chi connectivity index (χ4v) is 0.315. The second kappa shape index (κ2) is 6.27. The Morgan fingerprint density at radius 1 is 1.62 bits per heavy atom. The van der Waals surface area contributed by atoms with Crippen molar-refractivity contribution < 1.29 is 0 Å². The molecule has 3 heteroatoms. The Bertz CT molecular complexity index is 88.4. The van der Waals surface area contributed by atoms with Crippen LogP contribution in [0.4, 0.5) is 0 Å². The van der Waals surface area contributed by atoms with Gasteiger partial charge in [-0.15, -0.1) is 0 Å². The topological polar surface area (TPSA) is 24.4 Å². The molecule has 0 amide bonds. The maximum absolute atomic E-state index is 3.76. The maximum atomic E-state index is 3.76. The molecule has 0 aromatic carbocycles.